The summed E-state index contributed by atoms with van der Waals surface area (Å²) >= 11 is 0. The number of likely N-dealkylation sites (tertiary alicyclic amines) is 1. The Labute approximate surface area is 147 Å². The van der Waals surface area contributed by atoms with Crippen molar-refractivity contribution in [2.45, 2.75) is 44.7 Å². The Morgan fingerprint density at radius 3 is 2.88 bits per heavy atom. The van der Waals surface area contributed by atoms with Gasteiger partial charge in [0.05, 0.1) is 19.1 Å². The number of hydrogen-bond donors (Lipinski definition) is 1. The molecule has 0 saturated carbocycles. The summed E-state index contributed by atoms with van der Waals surface area (Å²) in [4.78, 5) is 15.3. The lowest BCUT2D eigenvalue weighted by Crippen LogP contribution is -2.39. The number of anilines is 1. The minimum Gasteiger partial charge on any atom is -0.381 e. The van der Waals surface area contributed by atoms with Crippen molar-refractivity contribution in [3.63, 3.8) is 0 Å². The number of nitrogens with zero attached hydrogens (tertiary/aromatic N) is 5. The van der Waals surface area contributed by atoms with E-state index in [1.807, 2.05) is 13.0 Å². The smallest absolute Gasteiger partial charge is 0.232 e. The molecule has 1 N–H and O–H groups in total. The highest BCUT2D eigenvalue weighted by molar-refractivity contribution is 5.35. The summed E-state index contributed by atoms with van der Waals surface area (Å²) in [7, 11) is 0. The van der Waals surface area contributed by atoms with Gasteiger partial charge in [0.15, 0.2) is 5.82 Å². The predicted molar refractivity (Wildman–Crippen MR) is 91.2 cm³/mol. The van der Waals surface area contributed by atoms with E-state index in [1.54, 1.807) is 6.33 Å². The Bertz CT molecular complexity index is 692. The van der Waals surface area contributed by atoms with Crippen LogP contribution < -0.4 is 5.32 Å². The fourth-order valence-corrected chi connectivity index (χ4v) is 3.40. The average molecular weight is 344 g/mol. The minimum atomic E-state index is 0.271. The van der Waals surface area contributed by atoms with Gasteiger partial charge in [-0.05, 0) is 26.2 Å². The van der Waals surface area contributed by atoms with Crippen molar-refractivity contribution >= 4 is 5.82 Å². The third kappa shape index (κ3) is 4.13. The van der Waals surface area contributed by atoms with Crippen LogP contribution in [0.3, 0.4) is 0 Å². The van der Waals surface area contributed by atoms with Crippen LogP contribution in [-0.4, -0.2) is 57.4 Å². The second kappa shape index (κ2) is 7.45. The Hall–Kier alpha value is -2.06. The highest BCUT2D eigenvalue weighted by atomic mass is 16.5. The van der Waals surface area contributed by atoms with Crippen molar-refractivity contribution in [2.24, 2.45) is 0 Å². The molecule has 8 heteroatoms. The molecule has 0 radical (unpaired) electrons. The van der Waals surface area contributed by atoms with Gasteiger partial charge in [-0.15, -0.1) is 0 Å². The summed E-state index contributed by atoms with van der Waals surface area (Å²) in [6.07, 6.45) is 4.73. The first-order valence-corrected chi connectivity index (χ1v) is 8.94. The van der Waals surface area contributed by atoms with Crippen LogP contribution in [0.25, 0.3) is 0 Å². The zero-order chi connectivity index (χ0) is 17.1. The van der Waals surface area contributed by atoms with E-state index in [0.29, 0.717) is 12.6 Å². The maximum atomic E-state index is 5.41. The molecule has 0 bridgehead atoms. The van der Waals surface area contributed by atoms with Crippen LogP contribution >= 0.6 is 0 Å². The van der Waals surface area contributed by atoms with Gasteiger partial charge in [-0.3, -0.25) is 4.90 Å². The lowest BCUT2D eigenvalue weighted by Gasteiger charge is -2.31. The highest BCUT2D eigenvalue weighted by Crippen LogP contribution is 2.24. The summed E-state index contributed by atoms with van der Waals surface area (Å²) in [5.41, 5.74) is 0.982. The molecule has 2 saturated heterocycles. The lowest BCUT2D eigenvalue weighted by molar-refractivity contribution is 0.189. The van der Waals surface area contributed by atoms with Gasteiger partial charge < -0.3 is 14.6 Å². The quantitative estimate of drug-likeness (QED) is 0.877. The van der Waals surface area contributed by atoms with E-state index < -0.39 is 0 Å². The van der Waals surface area contributed by atoms with Gasteiger partial charge in [-0.25, -0.2) is 9.97 Å². The first-order chi connectivity index (χ1) is 12.3. The molecule has 2 aliphatic rings. The maximum absolute atomic E-state index is 5.41. The molecule has 0 spiro atoms. The van der Waals surface area contributed by atoms with Crippen LogP contribution in [0.15, 0.2) is 16.9 Å². The van der Waals surface area contributed by atoms with Crippen LogP contribution in [-0.2, 0) is 11.3 Å². The maximum Gasteiger partial charge on any atom is 0.232 e. The third-order valence-corrected chi connectivity index (χ3v) is 4.87. The van der Waals surface area contributed by atoms with E-state index in [4.69, 9.17) is 9.26 Å². The number of ether oxygens (including phenoxy) is 1. The molecule has 0 aliphatic carbocycles. The van der Waals surface area contributed by atoms with E-state index in [1.165, 1.54) is 0 Å². The molecule has 2 fully saturated rings. The van der Waals surface area contributed by atoms with Crippen molar-refractivity contribution in [1.82, 2.24) is 25.0 Å². The molecule has 25 heavy (non-hydrogen) atoms. The number of piperidine rings is 1. The van der Waals surface area contributed by atoms with Gasteiger partial charge in [0, 0.05) is 37.5 Å². The third-order valence-electron chi connectivity index (χ3n) is 4.87. The molecular formula is C17H24N6O2. The second-order valence-corrected chi connectivity index (χ2v) is 6.85. The van der Waals surface area contributed by atoms with E-state index >= 15 is 0 Å². The van der Waals surface area contributed by atoms with Crippen LogP contribution in [0.1, 0.15) is 42.6 Å². The molecule has 4 rings (SSSR count). The standard InChI is InChI=1S/C17H24N6O2/c1-12-8-15(19-11-18-12)20-14-2-5-23(6-3-14)9-16-21-17(25-22-16)13-4-7-24-10-13/h8,11,13-14H,2-7,9-10H2,1H3,(H,18,19,20). The van der Waals surface area contributed by atoms with Gasteiger partial charge >= 0.3 is 0 Å². The number of nitrogens with one attached hydrogen (secondary N) is 1. The predicted octanol–water partition coefficient (Wildman–Crippen LogP) is 1.75. The molecular weight excluding hydrogens is 320 g/mol. The number of hydrogen-bond acceptors (Lipinski definition) is 8. The average Bonchev–Trinajstić information content (AvgIpc) is 3.28. The fourth-order valence-electron chi connectivity index (χ4n) is 3.40. The van der Waals surface area contributed by atoms with E-state index in [2.05, 4.69) is 30.3 Å². The second-order valence-electron chi connectivity index (χ2n) is 6.85. The summed E-state index contributed by atoms with van der Waals surface area (Å²) < 4.78 is 10.8. The van der Waals surface area contributed by atoms with Gasteiger partial charge in [-0.2, -0.15) is 4.98 Å². The van der Waals surface area contributed by atoms with Crippen molar-refractivity contribution < 1.29 is 9.26 Å². The fraction of sp³-hybridized carbons (Fsp3) is 0.647. The van der Waals surface area contributed by atoms with E-state index in [-0.39, 0.29) is 5.92 Å². The monoisotopic (exact) mass is 344 g/mol. The molecule has 0 aromatic carbocycles. The van der Waals surface area contributed by atoms with Gasteiger partial charge in [0.1, 0.15) is 12.1 Å². The Morgan fingerprint density at radius 2 is 2.12 bits per heavy atom. The number of aryl methyl sites for hydroxylation is 1. The van der Waals surface area contributed by atoms with Gasteiger partial charge in [0.2, 0.25) is 5.89 Å². The first kappa shape index (κ1) is 16.4. The SMILES string of the molecule is Cc1cc(NC2CCN(Cc3noc(C4CCOC4)n3)CC2)ncn1. The van der Waals surface area contributed by atoms with Crippen molar-refractivity contribution in [2.75, 3.05) is 31.6 Å². The molecule has 4 heterocycles. The number of aromatic nitrogens is 4. The van der Waals surface area contributed by atoms with Crippen molar-refractivity contribution in [3.8, 4) is 0 Å². The summed E-state index contributed by atoms with van der Waals surface area (Å²) in [5, 5.41) is 7.64. The summed E-state index contributed by atoms with van der Waals surface area (Å²) in [6, 6.07) is 2.43. The molecule has 8 nitrogen and oxygen atoms in total. The molecule has 134 valence electrons. The lowest BCUT2D eigenvalue weighted by atomic mass is 10.1. The summed E-state index contributed by atoms with van der Waals surface area (Å²) in [5.74, 6) is 2.68. The molecule has 0 amide bonds. The molecule has 1 atom stereocenters. The van der Waals surface area contributed by atoms with E-state index in [0.717, 1.165) is 68.7 Å². The number of rotatable bonds is 5. The van der Waals surface area contributed by atoms with E-state index in [9.17, 15) is 0 Å². The molecule has 2 aromatic heterocycles. The van der Waals surface area contributed by atoms with Gasteiger partial charge in [0.25, 0.3) is 0 Å². The van der Waals surface area contributed by atoms with Crippen LogP contribution in [0.4, 0.5) is 5.82 Å². The largest absolute Gasteiger partial charge is 0.381 e. The minimum absolute atomic E-state index is 0.271. The highest BCUT2D eigenvalue weighted by Gasteiger charge is 2.25. The van der Waals surface area contributed by atoms with Crippen LogP contribution in [0.5, 0.6) is 0 Å². The van der Waals surface area contributed by atoms with Gasteiger partial charge in [-0.1, -0.05) is 5.16 Å². The Kier molecular flexibility index (Phi) is 4.89. The van der Waals surface area contributed by atoms with Crippen molar-refractivity contribution in [1.29, 1.82) is 0 Å². The van der Waals surface area contributed by atoms with Crippen LogP contribution in [0, 0.1) is 6.92 Å². The zero-order valence-corrected chi connectivity index (χ0v) is 14.5. The molecule has 2 aromatic rings. The van der Waals surface area contributed by atoms with Crippen molar-refractivity contribution in [3.05, 3.63) is 29.8 Å². The van der Waals surface area contributed by atoms with Crippen LogP contribution in [0.2, 0.25) is 0 Å². The zero-order valence-electron chi connectivity index (χ0n) is 14.5. The molecule has 2 aliphatic heterocycles. The normalized spacial score (nSPS) is 22.4. The first-order valence-electron chi connectivity index (χ1n) is 8.94. The topological polar surface area (TPSA) is 89.2 Å². The summed E-state index contributed by atoms with van der Waals surface area (Å²) in [6.45, 7) is 6.23. The molecule has 1 unspecified atom stereocenters. The Balaban J connectivity index is 1.26. The Morgan fingerprint density at radius 1 is 1.24 bits per heavy atom.